The van der Waals surface area contributed by atoms with Gasteiger partial charge in [-0.1, -0.05) is 19.3 Å². The minimum Gasteiger partial charge on any atom is -0.459 e. The fourth-order valence-corrected chi connectivity index (χ4v) is 6.67. The molecule has 3 aliphatic rings. The van der Waals surface area contributed by atoms with E-state index in [1.165, 1.54) is 19.1 Å². The van der Waals surface area contributed by atoms with Gasteiger partial charge in [0.2, 0.25) is 11.8 Å². The number of aromatic nitrogens is 1. The average Bonchev–Trinajstić information content (AvgIpc) is 3.61. The molecule has 6 unspecified atom stereocenters. The minimum atomic E-state index is -0.645. The predicted molar refractivity (Wildman–Crippen MR) is 141 cm³/mol. The zero-order chi connectivity index (χ0) is 27.0. The third-order valence-corrected chi connectivity index (χ3v) is 8.68. The van der Waals surface area contributed by atoms with Gasteiger partial charge < -0.3 is 30.6 Å². The molecule has 5 rings (SSSR count). The van der Waals surface area contributed by atoms with Crippen molar-refractivity contribution in [2.75, 3.05) is 20.1 Å². The molecule has 2 amide bonds. The summed E-state index contributed by atoms with van der Waals surface area (Å²) in [7, 11) is 1.72. The molecule has 2 aromatic rings. The molecule has 206 valence electrons. The van der Waals surface area contributed by atoms with Gasteiger partial charge in [-0.25, -0.2) is 4.39 Å². The van der Waals surface area contributed by atoms with Crippen LogP contribution in [-0.4, -0.2) is 78.1 Å². The van der Waals surface area contributed by atoms with Crippen LogP contribution in [0.1, 0.15) is 57.4 Å². The van der Waals surface area contributed by atoms with E-state index in [2.05, 4.69) is 20.9 Å². The normalized spacial score (nSPS) is 27.2. The molecule has 10 heteroatoms. The number of benzene rings is 1. The lowest BCUT2D eigenvalue weighted by Gasteiger charge is -2.36. The van der Waals surface area contributed by atoms with Gasteiger partial charge in [0.1, 0.15) is 18.0 Å². The Balaban J connectivity index is 1.49. The first-order chi connectivity index (χ1) is 18.3. The molecular weight excluding hydrogens is 489 g/mol. The van der Waals surface area contributed by atoms with Crippen LogP contribution in [0.2, 0.25) is 0 Å². The fourth-order valence-electron chi connectivity index (χ4n) is 6.67. The number of hydrogen-bond acceptors (Lipinski definition) is 6. The number of amides is 2. The van der Waals surface area contributed by atoms with Crippen LogP contribution in [0.25, 0.3) is 10.9 Å². The molecule has 2 saturated heterocycles. The van der Waals surface area contributed by atoms with Crippen LogP contribution < -0.4 is 16.0 Å². The van der Waals surface area contributed by atoms with E-state index in [4.69, 9.17) is 4.74 Å². The molecule has 1 aromatic carbocycles. The van der Waals surface area contributed by atoms with E-state index in [-0.39, 0.29) is 48.1 Å². The smallest absolute Gasteiger partial charge is 0.303 e. The molecule has 1 saturated carbocycles. The summed E-state index contributed by atoms with van der Waals surface area (Å²) < 4.78 is 19.5. The van der Waals surface area contributed by atoms with Crippen LogP contribution in [0.4, 0.5) is 4.39 Å². The molecular formula is C28H38FN5O4. The number of H-pyrrole nitrogens is 1. The zero-order valence-electron chi connectivity index (χ0n) is 22.3. The molecule has 1 aromatic heterocycles. The van der Waals surface area contributed by atoms with Gasteiger partial charge in [-0.2, -0.15) is 0 Å². The standard InChI is InChI=1S/C28H38FN5O4/c1-15(30-3)27(36)33-24(17-7-5-4-6-8-17)28(37)34-14-23(38-16(2)35)25-26(34)21(13-32-25)20-12-31-22-11-18(29)9-10-19(20)22/h9-12,15,17,21,23-26,30-32H,4-8,13-14H2,1-3H3,(H,33,36). The molecule has 6 atom stereocenters. The Morgan fingerprint density at radius 3 is 2.66 bits per heavy atom. The lowest BCUT2D eigenvalue weighted by molar-refractivity contribution is -0.147. The van der Waals surface area contributed by atoms with Gasteiger partial charge in [0, 0.05) is 36.5 Å². The van der Waals surface area contributed by atoms with E-state index < -0.39 is 24.2 Å². The zero-order valence-corrected chi connectivity index (χ0v) is 22.3. The molecule has 9 nitrogen and oxygen atoms in total. The van der Waals surface area contributed by atoms with Crippen molar-refractivity contribution in [2.24, 2.45) is 5.92 Å². The highest BCUT2D eigenvalue weighted by Crippen LogP contribution is 2.41. The molecule has 2 aliphatic heterocycles. The second-order valence-corrected chi connectivity index (χ2v) is 11.0. The first-order valence-corrected chi connectivity index (χ1v) is 13.7. The lowest BCUT2D eigenvalue weighted by Crippen LogP contribution is -2.57. The number of likely N-dealkylation sites (N-methyl/N-ethyl adjacent to an activating group) is 1. The third-order valence-electron chi connectivity index (χ3n) is 8.68. The van der Waals surface area contributed by atoms with Crippen LogP contribution in [-0.2, 0) is 19.1 Å². The number of hydrogen-bond donors (Lipinski definition) is 4. The van der Waals surface area contributed by atoms with E-state index in [1.807, 2.05) is 11.1 Å². The van der Waals surface area contributed by atoms with Crippen molar-refractivity contribution in [3.8, 4) is 0 Å². The average molecular weight is 528 g/mol. The number of aromatic amines is 1. The quantitative estimate of drug-likeness (QED) is 0.411. The van der Waals surface area contributed by atoms with Crippen molar-refractivity contribution < 1.29 is 23.5 Å². The minimum absolute atomic E-state index is 0.0550. The van der Waals surface area contributed by atoms with Gasteiger partial charge in [-0.3, -0.25) is 14.4 Å². The molecule has 3 heterocycles. The van der Waals surface area contributed by atoms with Crippen LogP contribution in [0, 0.1) is 11.7 Å². The summed E-state index contributed by atoms with van der Waals surface area (Å²) in [5, 5.41) is 10.4. The maximum atomic E-state index is 14.4. The Labute approximate surface area is 222 Å². The summed E-state index contributed by atoms with van der Waals surface area (Å²) >= 11 is 0. The summed E-state index contributed by atoms with van der Waals surface area (Å²) in [6, 6.07) is 3.08. The van der Waals surface area contributed by atoms with Gasteiger partial charge >= 0.3 is 5.97 Å². The Kier molecular flexibility index (Phi) is 7.72. The van der Waals surface area contributed by atoms with E-state index in [9.17, 15) is 18.8 Å². The Morgan fingerprint density at radius 1 is 1.18 bits per heavy atom. The van der Waals surface area contributed by atoms with Gasteiger partial charge in [0.05, 0.1) is 24.7 Å². The number of likely N-dealkylation sites (tertiary alicyclic amines) is 1. The number of esters is 1. The summed E-state index contributed by atoms with van der Waals surface area (Å²) in [6.45, 7) is 3.99. The second-order valence-electron chi connectivity index (χ2n) is 11.0. The molecule has 3 fully saturated rings. The summed E-state index contributed by atoms with van der Waals surface area (Å²) in [6.07, 6.45) is 6.36. The number of carbonyl (C=O) groups excluding carboxylic acids is 3. The highest BCUT2D eigenvalue weighted by molar-refractivity contribution is 5.91. The number of fused-ring (bicyclic) bond motifs is 2. The number of carbonyl (C=O) groups is 3. The molecule has 0 spiro atoms. The van der Waals surface area contributed by atoms with E-state index in [0.717, 1.165) is 43.1 Å². The number of halogens is 1. The highest BCUT2D eigenvalue weighted by Gasteiger charge is 2.54. The Morgan fingerprint density at radius 2 is 1.95 bits per heavy atom. The van der Waals surface area contributed by atoms with Crippen molar-refractivity contribution in [1.82, 2.24) is 25.8 Å². The molecule has 0 radical (unpaired) electrons. The maximum absolute atomic E-state index is 14.4. The van der Waals surface area contributed by atoms with Gasteiger partial charge in [0.25, 0.3) is 0 Å². The summed E-state index contributed by atoms with van der Waals surface area (Å²) in [5.74, 6) is -1.08. The topological polar surface area (TPSA) is 116 Å². The van der Waals surface area contributed by atoms with Gasteiger partial charge in [0.15, 0.2) is 0 Å². The molecule has 0 bridgehead atoms. The van der Waals surface area contributed by atoms with Crippen molar-refractivity contribution in [1.29, 1.82) is 0 Å². The fraction of sp³-hybridized carbons (Fsp3) is 0.607. The van der Waals surface area contributed by atoms with Gasteiger partial charge in [-0.15, -0.1) is 0 Å². The Bertz CT molecular complexity index is 1200. The van der Waals surface area contributed by atoms with Crippen molar-refractivity contribution in [3.63, 3.8) is 0 Å². The largest absolute Gasteiger partial charge is 0.459 e. The molecule has 38 heavy (non-hydrogen) atoms. The van der Waals surface area contributed by atoms with Crippen LogP contribution in [0.5, 0.6) is 0 Å². The van der Waals surface area contributed by atoms with Crippen LogP contribution >= 0.6 is 0 Å². The predicted octanol–water partition coefficient (Wildman–Crippen LogP) is 2.18. The second kappa shape index (κ2) is 11.0. The van der Waals surface area contributed by atoms with E-state index >= 15 is 0 Å². The first-order valence-electron chi connectivity index (χ1n) is 13.7. The van der Waals surface area contributed by atoms with E-state index in [1.54, 1.807) is 20.0 Å². The SMILES string of the molecule is CNC(C)C(=O)NC(C(=O)N1CC(OC(C)=O)C2NCC(c3c[nH]c4cc(F)ccc34)C21)C1CCCCC1. The maximum Gasteiger partial charge on any atom is 0.303 e. The Hall–Kier alpha value is -2.98. The number of ether oxygens (including phenoxy) is 1. The van der Waals surface area contributed by atoms with Gasteiger partial charge in [-0.05, 0) is 56.5 Å². The van der Waals surface area contributed by atoms with Crippen molar-refractivity contribution in [2.45, 2.75) is 82.1 Å². The number of nitrogens with zero attached hydrogens (tertiary/aromatic N) is 1. The number of nitrogens with one attached hydrogen (secondary N) is 4. The summed E-state index contributed by atoms with van der Waals surface area (Å²) in [4.78, 5) is 44.3. The van der Waals surface area contributed by atoms with Crippen molar-refractivity contribution >= 4 is 28.7 Å². The van der Waals surface area contributed by atoms with Crippen LogP contribution in [0.15, 0.2) is 24.4 Å². The molecule has 1 aliphatic carbocycles. The van der Waals surface area contributed by atoms with E-state index in [0.29, 0.717) is 12.1 Å². The van der Waals surface area contributed by atoms with Crippen LogP contribution in [0.3, 0.4) is 0 Å². The summed E-state index contributed by atoms with van der Waals surface area (Å²) in [5.41, 5.74) is 1.69. The number of rotatable bonds is 7. The highest BCUT2D eigenvalue weighted by atomic mass is 19.1. The van der Waals surface area contributed by atoms with Crippen molar-refractivity contribution in [3.05, 3.63) is 35.8 Å². The molecule has 4 N–H and O–H groups in total. The lowest BCUT2D eigenvalue weighted by atomic mass is 9.82. The first kappa shape index (κ1) is 26.6. The third kappa shape index (κ3) is 5.03. The monoisotopic (exact) mass is 527 g/mol.